The number of sulfonamides is 1. The number of nitrogens with zero attached hydrogens (tertiary/aromatic N) is 2. The summed E-state index contributed by atoms with van der Waals surface area (Å²) in [6.45, 7) is 3.64. The smallest absolute Gasteiger partial charge is 0.262 e. The molecule has 1 heterocycles. The Kier molecular flexibility index (Phi) is 4.94. The first-order valence-electron chi connectivity index (χ1n) is 8.03. The zero-order valence-corrected chi connectivity index (χ0v) is 15.5. The minimum absolute atomic E-state index is 0.161. The van der Waals surface area contributed by atoms with E-state index in [2.05, 4.69) is 14.9 Å². The Morgan fingerprint density at radius 1 is 1.15 bits per heavy atom. The van der Waals surface area contributed by atoms with Gasteiger partial charge in [-0.05, 0) is 42.8 Å². The van der Waals surface area contributed by atoms with Crippen molar-refractivity contribution >= 4 is 15.7 Å². The second-order valence-corrected chi connectivity index (χ2v) is 7.33. The summed E-state index contributed by atoms with van der Waals surface area (Å²) in [7, 11) is -2.22. The predicted molar refractivity (Wildman–Crippen MR) is 97.7 cm³/mol. The number of anilines is 1. The molecule has 1 N–H and O–H groups in total. The predicted octanol–water partition coefficient (Wildman–Crippen LogP) is 3.42. The van der Waals surface area contributed by atoms with Crippen molar-refractivity contribution < 1.29 is 17.7 Å². The molecule has 0 saturated heterocycles. The summed E-state index contributed by atoms with van der Waals surface area (Å²) in [5, 5.41) is 3.90. The molecule has 0 radical (unpaired) electrons. The molecule has 0 atom stereocenters. The van der Waals surface area contributed by atoms with Gasteiger partial charge in [0, 0.05) is 17.7 Å². The largest absolute Gasteiger partial charge is 0.497 e. The first-order valence-corrected chi connectivity index (χ1v) is 9.51. The number of methoxy groups -OCH3 is 1. The Balaban J connectivity index is 1.94. The lowest BCUT2D eigenvalue weighted by Crippen LogP contribution is -2.14. The van der Waals surface area contributed by atoms with Crippen LogP contribution in [0.4, 0.5) is 5.69 Å². The number of rotatable bonds is 6. The van der Waals surface area contributed by atoms with E-state index in [9.17, 15) is 8.42 Å². The van der Waals surface area contributed by atoms with Crippen LogP contribution < -0.4 is 9.46 Å². The average molecular weight is 373 g/mol. The number of aryl methyl sites for hydroxylation is 2. The monoisotopic (exact) mass is 373 g/mol. The number of hydrogen-bond acceptors (Lipinski definition) is 6. The lowest BCUT2D eigenvalue weighted by Gasteiger charge is -2.11. The van der Waals surface area contributed by atoms with Crippen molar-refractivity contribution in [3.8, 4) is 17.1 Å². The van der Waals surface area contributed by atoms with Gasteiger partial charge in [-0.15, -0.1) is 0 Å². The quantitative estimate of drug-likeness (QED) is 0.711. The van der Waals surface area contributed by atoms with E-state index in [-0.39, 0.29) is 4.90 Å². The summed E-state index contributed by atoms with van der Waals surface area (Å²) < 4.78 is 38.4. The summed E-state index contributed by atoms with van der Waals surface area (Å²) in [5.74, 6) is 1.51. The molecule has 0 bridgehead atoms. The maximum Gasteiger partial charge on any atom is 0.262 e. The fraction of sp³-hybridized carbons (Fsp3) is 0.222. The summed E-state index contributed by atoms with van der Waals surface area (Å²) in [6, 6.07) is 11.7. The molecule has 3 aromatic rings. The molecular formula is C18H19N3O4S. The summed E-state index contributed by atoms with van der Waals surface area (Å²) in [6.07, 6.45) is 0.614. The second kappa shape index (κ2) is 7.17. The number of benzene rings is 2. The maximum absolute atomic E-state index is 12.8. The van der Waals surface area contributed by atoms with E-state index in [1.807, 2.05) is 6.92 Å². The fourth-order valence-corrected chi connectivity index (χ4v) is 3.74. The van der Waals surface area contributed by atoms with Crippen LogP contribution in [0.3, 0.4) is 0 Å². The van der Waals surface area contributed by atoms with Crippen LogP contribution in [0, 0.1) is 6.92 Å². The van der Waals surface area contributed by atoms with Crippen LogP contribution in [0.25, 0.3) is 11.4 Å². The molecule has 0 aliphatic carbocycles. The van der Waals surface area contributed by atoms with Gasteiger partial charge in [0.25, 0.3) is 10.0 Å². The van der Waals surface area contributed by atoms with E-state index in [0.29, 0.717) is 40.7 Å². The van der Waals surface area contributed by atoms with Gasteiger partial charge < -0.3 is 9.26 Å². The van der Waals surface area contributed by atoms with Crippen LogP contribution >= 0.6 is 0 Å². The van der Waals surface area contributed by atoms with E-state index < -0.39 is 10.0 Å². The van der Waals surface area contributed by atoms with Gasteiger partial charge in [-0.1, -0.05) is 24.2 Å². The highest BCUT2D eigenvalue weighted by Crippen LogP contribution is 2.26. The highest BCUT2D eigenvalue weighted by atomic mass is 32.2. The lowest BCUT2D eigenvalue weighted by molar-refractivity contribution is 0.383. The first-order chi connectivity index (χ1) is 12.4. The Hall–Kier alpha value is -2.87. The van der Waals surface area contributed by atoms with Gasteiger partial charge in [-0.25, -0.2) is 8.42 Å². The summed E-state index contributed by atoms with van der Waals surface area (Å²) in [5.41, 5.74) is 1.64. The van der Waals surface area contributed by atoms with Crippen molar-refractivity contribution in [3.05, 3.63) is 53.9 Å². The molecule has 7 nitrogen and oxygen atoms in total. The molecule has 2 aromatic carbocycles. The van der Waals surface area contributed by atoms with E-state index in [1.165, 1.54) is 0 Å². The van der Waals surface area contributed by atoms with Crippen molar-refractivity contribution in [1.29, 1.82) is 0 Å². The van der Waals surface area contributed by atoms with Gasteiger partial charge in [0.15, 0.2) is 0 Å². The van der Waals surface area contributed by atoms with Gasteiger partial charge in [0.2, 0.25) is 11.7 Å². The molecule has 0 spiro atoms. The van der Waals surface area contributed by atoms with Crippen LogP contribution in [-0.2, 0) is 16.4 Å². The Morgan fingerprint density at radius 3 is 2.50 bits per heavy atom. The molecule has 1 aromatic heterocycles. The summed E-state index contributed by atoms with van der Waals surface area (Å²) >= 11 is 0. The molecule has 0 amide bonds. The van der Waals surface area contributed by atoms with Crippen LogP contribution in [0.1, 0.15) is 18.4 Å². The zero-order chi connectivity index (χ0) is 18.7. The van der Waals surface area contributed by atoms with Gasteiger partial charge in [0.05, 0.1) is 12.0 Å². The fourth-order valence-electron chi connectivity index (χ4n) is 2.41. The van der Waals surface area contributed by atoms with Gasteiger partial charge in [-0.2, -0.15) is 4.98 Å². The molecule has 3 rings (SSSR count). The molecule has 0 aliphatic heterocycles. The topological polar surface area (TPSA) is 94.3 Å². The first kappa shape index (κ1) is 17.9. The van der Waals surface area contributed by atoms with Crippen molar-refractivity contribution in [2.24, 2.45) is 0 Å². The van der Waals surface area contributed by atoms with E-state index in [4.69, 9.17) is 9.26 Å². The SMILES string of the molecule is CCc1nc(-c2ccc(C)c(S(=O)(=O)Nc3ccc(OC)cc3)c2)no1. The van der Waals surface area contributed by atoms with Crippen molar-refractivity contribution in [2.75, 3.05) is 11.8 Å². The number of aromatic nitrogens is 2. The third-order valence-corrected chi connectivity index (χ3v) is 5.37. The number of hydrogen-bond donors (Lipinski definition) is 1. The van der Waals surface area contributed by atoms with Crippen molar-refractivity contribution in [3.63, 3.8) is 0 Å². The number of ether oxygens (including phenoxy) is 1. The third-order valence-electron chi connectivity index (χ3n) is 3.85. The molecule has 0 aliphatic rings. The Morgan fingerprint density at radius 2 is 1.88 bits per heavy atom. The van der Waals surface area contributed by atoms with Crippen LogP contribution in [0.2, 0.25) is 0 Å². The standard InChI is InChI=1S/C18H19N3O4S/c1-4-17-19-18(20-25-17)13-6-5-12(2)16(11-13)26(22,23)21-14-7-9-15(24-3)10-8-14/h5-11,21H,4H2,1-3H3. The molecular weight excluding hydrogens is 354 g/mol. The van der Waals surface area contributed by atoms with E-state index in [1.54, 1.807) is 56.5 Å². The molecule has 136 valence electrons. The van der Waals surface area contributed by atoms with Crippen molar-refractivity contribution in [1.82, 2.24) is 10.1 Å². The van der Waals surface area contributed by atoms with Crippen LogP contribution in [-0.4, -0.2) is 25.7 Å². The Bertz CT molecular complexity index is 1010. The average Bonchev–Trinajstić information content (AvgIpc) is 3.11. The third kappa shape index (κ3) is 3.70. The lowest BCUT2D eigenvalue weighted by atomic mass is 10.1. The molecule has 0 fully saturated rings. The van der Waals surface area contributed by atoms with Crippen LogP contribution in [0.5, 0.6) is 5.75 Å². The maximum atomic E-state index is 12.8. The van der Waals surface area contributed by atoms with E-state index >= 15 is 0 Å². The minimum atomic E-state index is -3.77. The second-order valence-electron chi connectivity index (χ2n) is 5.68. The van der Waals surface area contributed by atoms with Crippen molar-refractivity contribution in [2.45, 2.75) is 25.2 Å². The molecule has 8 heteroatoms. The minimum Gasteiger partial charge on any atom is -0.497 e. The highest BCUT2D eigenvalue weighted by Gasteiger charge is 2.19. The molecule has 0 saturated carbocycles. The summed E-state index contributed by atoms with van der Waals surface area (Å²) in [4.78, 5) is 4.41. The highest BCUT2D eigenvalue weighted by molar-refractivity contribution is 7.92. The van der Waals surface area contributed by atoms with Crippen LogP contribution in [0.15, 0.2) is 51.9 Å². The van der Waals surface area contributed by atoms with Gasteiger partial charge in [-0.3, -0.25) is 4.72 Å². The molecule has 0 unspecified atom stereocenters. The Labute approximate surface area is 152 Å². The zero-order valence-electron chi connectivity index (χ0n) is 14.7. The van der Waals surface area contributed by atoms with E-state index in [0.717, 1.165) is 0 Å². The molecule has 26 heavy (non-hydrogen) atoms. The van der Waals surface area contributed by atoms with Gasteiger partial charge in [0.1, 0.15) is 5.75 Å². The normalized spacial score (nSPS) is 11.3. The number of nitrogens with one attached hydrogen (secondary N) is 1. The van der Waals surface area contributed by atoms with Gasteiger partial charge >= 0.3 is 0 Å².